The second-order valence-electron chi connectivity index (χ2n) is 7.24. The highest BCUT2D eigenvalue weighted by Crippen LogP contribution is 2.32. The van der Waals surface area contributed by atoms with Crippen LogP contribution in [0.15, 0.2) is 64.5 Å². The Morgan fingerprint density at radius 2 is 2.13 bits per heavy atom. The molecule has 0 atom stereocenters. The fraction of sp³-hybridized carbons (Fsp3) is 0.240. The van der Waals surface area contributed by atoms with Crippen molar-refractivity contribution in [1.29, 1.82) is 0 Å². The van der Waals surface area contributed by atoms with Crippen molar-refractivity contribution in [3.05, 3.63) is 70.8 Å². The summed E-state index contributed by atoms with van der Waals surface area (Å²) in [6, 6.07) is 10.1. The lowest BCUT2D eigenvalue weighted by Gasteiger charge is -2.18. The Bertz CT molecular complexity index is 1250. The van der Waals surface area contributed by atoms with Crippen molar-refractivity contribution in [3.8, 4) is 11.1 Å². The summed E-state index contributed by atoms with van der Waals surface area (Å²) in [4.78, 5) is 22.7. The highest BCUT2D eigenvalue weighted by Gasteiger charge is 2.16. The molecule has 2 aromatic heterocycles. The van der Waals surface area contributed by atoms with Crippen LogP contribution in [0, 0.1) is 0 Å². The second kappa shape index (κ2) is 8.49. The van der Waals surface area contributed by atoms with Gasteiger partial charge in [-0.05, 0) is 55.3 Å². The number of aliphatic imine (C=N–C) groups is 1. The molecule has 30 heavy (non-hydrogen) atoms. The molecule has 0 fully saturated rings. The summed E-state index contributed by atoms with van der Waals surface area (Å²) in [5.74, 6) is 0.709. The van der Waals surface area contributed by atoms with Crippen molar-refractivity contribution in [1.82, 2.24) is 9.55 Å². The average molecular weight is 399 g/mol. The molecule has 5 heteroatoms. The van der Waals surface area contributed by atoms with E-state index in [0.717, 1.165) is 52.9 Å². The van der Waals surface area contributed by atoms with Gasteiger partial charge in [0.1, 0.15) is 5.69 Å². The van der Waals surface area contributed by atoms with Gasteiger partial charge in [0.05, 0.1) is 5.39 Å². The Labute approximate surface area is 176 Å². The third-order valence-electron chi connectivity index (χ3n) is 5.40. The molecule has 0 aliphatic heterocycles. The van der Waals surface area contributed by atoms with Crippen molar-refractivity contribution in [2.75, 3.05) is 12.4 Å². The van der Waals surface area contributed by atoms with Gasteiger partial charge in [0.15, 0.2) is 5.82 Å². The maximum atomic E-state index is 13.8. The largest absolute Gasteiger partial charge is 0.371 e. The van der Waals surface area contributed by atoms with Gasteiger partial charge in [0.25, 0.3) is 5.56 Å². The molecule has 0 saturated heterocycles. The van der Waals surface area contributed by atoms with Gasteiger partial charge < -0.3 is 5.32 Å². The summed E-state index contributed by atoms with van der Waals surface area (Å²) in [6.45, 7) is 3.96. The molecule has 0 saturated carbocycles. The second-order valence-corrected chi connectivity index (χ2v) is 7.24. The molecule has 0 amide bonds. The molecular weight excluding hydrogens is 372 g/mol. The minimum absolute atomic E-state index is 0.0102. The van der Waals surface area contributed by atoms with Crippen LogP contribution >= 0.6 is 0 Å². The molecule has 0 bridgehead atoms. The molecule has 3 aromatic rings. The van der Waals surface area contributed by atoms with Crippen molar-refractivity contribution in [3.63, 3.8) is 0 Å². The molecule has 152 valence electrons. The van der Waals surface area contributed by atoms with Crippen LogP contribution in [0.5, 0.6) is 0 Å². The molecule has 4 rings (SSSR count). The number of hydrogen-bond acceptors (Lipinski definition) is 4. The SMILES string of the molecule is CC=Nc1cc(-c2cccc3cc(CC)n(C4=CCCC=C4)c(=O)c23)cnc1NC. The minimum Gasteiger partial charge on any atom is -0.371 e. The first-order chi connectivity index (χ1) is 14.7. The van der Waals surface area contributed by atoms with Crippen LogP contribution in [0.1, 0.15) is 32.4 Å². The van der Waals surface area contributed by atoms with Gasteiger partial charge in [-0.3, -0.25) is 14.4 Å². The highest BCUT2D eigenvalue weighted by atomic mass is 16.1. The molecule has 0 unspecified atom stereocenters. The zero-order valence-corrected chi connectivity index (χ0v) is 17.6. The number of aromatic nitrogens is 2. The lowest BCUT2D eigenvalue weighted by molar-refractivity contribution is 0.895. The zero-order chi connectivity index (χ0) is 21.1. The monoisotopic (exact) mass is 398 g/mol. The number of rotatable bonds is 5. The van der Waals surface area contributed by atoms with E-state index >= 15 is 0 Å². The number of aryl methyl sites for hydroxylation is 1. The van der Waals surface area contributed by atoms with E-state index in [9.17, 15) is 4.79 Å². The fourth-order valence-corrected chi connectivity index (χ4v) is 4.00. The van der Waals surface area contributed by atoms with Gasteiger partial charge in [-0.25, -0.2) is 4.98 Å². The molecule has 1 aromatic carbocycles. The van der Waals surface area contributed by atoms with Crippen LogP contribution in [-0.2, 0) is 6.42 Å². The Morgan fingerprint density at radius 1 is 1.27 bits per heavy atom. The highest BCUT2D eigenvalue weighted by molar-refractivity contribution is 5.97. The number of nitrogens with zero attached hydrogens (tertiary/aromatic N) is 3. The summed E-state index contributed by atoms with van der Waals surface area (Å²) in [6.07, 6.45) is 12.6. The van der Waals surface area contributed by atoms with Gasteiger partial charge in [-0.1, -0.05) is 37.3 Å². The van der Waals surface area contributed by atoms with E-state index in [1.165, 1.54) is 0 Å². The van der Waals surface area contributed by atoms with Crippen molar-refractivity contribution >= 4 is 34.2 Å². The standard InChI is InChI=1S/C25H26N4O/c1-4-19-14-17-10-9-13-21(18-15-22(27-5-2)24(26-3)28-16-18)23(17)25(30)29(19)20-11-7-6-8-12-20/h5,7,9-16H,4,6,8H2,1-3H3,(H,26,28). The van der Waals surface area contributed by atoms with Crippen LogP contribution in [0.3, 0.4) is 0 Å². The quantitative estimate of drug-likeness (QED) is 0.571. The van der Waals surface area contributed by atoms with E-state index in [1.807, 2.05) is 42.8 Å². The molecule has 5 nitrogen and oxygen atoms in total. The van der Waals surface area contributed by atoms with E-state index in [4.69, 9.17) is 0 Å². The van der Waals surface area contributed by atoms with E-state index < -0.39 is 0 Å². The predicted molar refractivity (Wildman–Crippen MR) is 127 cm³/mol. The molecule has 1 N–H and O–H groups in total. The van der Waals surface area contributed by atoms with Gasteiger partial charge in [-0.2, -0.15) is 0 Å². The number of pyridine rings is 2. The molecular formula is C25H26N4O. The summed E-state index contributed by atoms with van der Waals surface area (Å²) in [5, 5.41) is 4.73. The fourth-order valence-electron chi connectivity index (χ4n) is 4.00. The van der Waals surface area contributed by atoms with Crippen LogP contribution in [0.4, 0.5) is 11.5 Å². The Balaban J connectivity index is 2.01. The normalized spacial score (nSPS) is 13.8. The first kappa shape index (κ1) is 19.8. The lowest BCUT2D eigenvalue weighted by Crippen LogP contribution is -2.23. The van der Waals surface area contributed by atoms with Gasteiger partial charge in [0.2, 0.25) is 0 Å². The number of anilines is 1. The summed E-state index contributed by atoms with van der Waals surface area (Å²) >= 11 is 0. The molecule has 1 aliphatic rings. The predicted octanol–water partition coefficient (Wildman–Crippen LogP) is 5.58. The number of hydrogen-bond donors (Lipinski definition) is 1. The van der Waals surface area contributed by atoms with Crippen LogP contribution in [0.25, 0.3) is 27.6 Å². The van der Waals surface area contributed by atoms with Crippen molar-refractivity contribution < 1.29 is 0 Å². The van der Waals surface area contributed by atoms with Crippen LogP contribution in [0.2, 0.25) is 0 Å². The van der Waals surface area contributed by atoms with Gasteiger partial charge >= 0.3 is 0 Å². The molecule has 2 heterocycles. The smallest absolute Gasteiger partial charge is 0.263 e. The number of nitrogens with one attached hydrogen (secondary N) is 1. The summed E-state index contributed by atoms with van der Waals surface area (Å²) < 4.78 is 1.86. The minimum atomic E-state index is 0.0102. The molecule has 0 radical (unpaired) electrons. The first-order valence-corrected chi connectivity index (χ1v) is 10.4. The third kappa shape index (κ3) is 3.47. The van der Waals surface area contributed by atoms with E-state index in [-0.39, 0.29) is 5.56 Å². The summed E-state index contributed by atoms with van der Waals surface area (Å²) in [7, 11) is 1.82. The zero-order valence-electron chi connectivity index (χ0n) is 17.6. The Hall–Kier alpha value is -3.47. The number of fused-ring (bicyclic) bond motifs is 1. The van der Waals surface area contributed by atoms with E-state index in [1.54, 1.807) is 12.4 Å². The van der Waals surface area contributed by atoms with Gasteiger partial charge in [-0.15, -0.1) is 0 Å². The van der Waals surface area contributed by atoms with Gasteiger partial charge in [0, 0.05) is 36.4 Å². The average Bonchev–Trinajstić information content (AvgIpc) is 2.79. The lowest BCUT2D eigenvalue weighted by atomic mass is 9.99. The maximum absolute atomic E-state index is 13.8. The number of benzene rings is 1. The molecule has 1 aliphatic carbocycles. The topological polar surface area (TPSA) is 59.3 Å². The van der Waals surface area contributed by atoms with Crippen LogP contribution in [-0.4, -0.2) is 22.8 Å². The first-order valence-electron chi connectivity index (χ1n) is 10.4. The van der Waals surface area contributed by atoms with E-state index in [0.29, 0.717) is 11.2 Å². The Morgan fingerprint density at radius 3 is 2.83 bits per heavy atom. The molecule has 0 spiro atoms. The number of allylic oxidation sites excluding steroid dienone is 4. The summed E-state index contributed by atoms with van der Waals surface area (Å²) in [5.41, 5.74) is 4.48. The van der Waals surface area contributed by atoms with Crippen molar-refractivity contribution in [2.45, 2.75) is 33.1 Å². The van der Waals surface area contributed by atoms with Crippen LogP contribution < -0.4 is 10.9 Å². The maximum Gasteiger partial charge on any atom is 0.263 e. The van der Waals surface area contributed by atoms with Crippen molar-refractivity contribution in [2.24, 2.45) is 4.99 Å². The Kier molecular flexibility index (Phi) is 5.61. The third-order valence-corrected chi connectivity index (χ3v) is 5.40. The van der Waals surface area contributed by atoms with E-state index in [2.05, 4.69) is 46.5 Å².